The second kappa shape index (κ2) is 10.4. The molecule has 4 rings (SSSR count). The number of carbonyl (C=O) groups is 2. The molecular formula is C27H35N5O2. The SMILES string of the molecule is CC#CCN1C(=O)NC(CCCc2ccccc2)(C2CCN(Cc3cn(C)nc3C)CC2)C1=O. The average molecular weight is 462 g/mol. The topological polar surface area (TPSA) is 70.5 Å². The molecule has 3 amide bonds. The van der Waals surface area contributed by atoms with Gasteiger partial charge in [0.1, 0.15) is 5.54 Å². The minimum Gasteiger partial charge on any atom is -0.323 e. The van der Waals surface area contributed by atoms with E-state index >= 15 is 0 Å². The van der Waals surface area contributed by atoms with Crippen LogP contribution >= 0.6 is 0 Å². The Morgan fingerprint density at radius 3 is 2.56 bits per heavy atom. The summed E-state index contributed by atoms with van der Waals surface area (Å²) in [6.45, 7) is 6.59. The van der Waals surface area contributed by atoms with Crippen LogP contribution in [0.15, 0.2) is 36.5 Å². The standard InChI is InChI=1S/C27H35N5O2/c1-4-5-16-32-25(33)27(28-26(32)34,15-9-12-22-10-7-6-8-11-22)24-13-17-31(18-14-24)20-23-19-30(3)29-21(23)2/h6-8,10-11,19,24H,9,12-18,20H2,1-3H3,(H,28,34). The van der Waals surface area contributed by atoms with Crippen LogP contribution in [0.5, 0.6) is 0 Å². The van der Waals surface area contributed by atoms with Gasteiger partial charge in [-0.05, 0) is 70.5 Å². The van der Waals surface area contributed by atoms with Crippen LogP contribution in [0.2, 0.25) is 0 Å². The summed E-state index contributed by atoms with van der Waals surface area (Å²) in [5.41, 5.74) is 2.73. The lowest BCUT2D eigenvalue weighted by atomic mass is 9.74. The third-order valence-corrected chi connectivity index (χ3v) is 7.29. The first kappa shape index (κ1) is 24.0. The molecule has 34 heavy (non-hydrogen) atoms. The summed E-state index contributed by atoms with van der Waals surface area (Å²) in [6.07, 6.45) is 6.22. The second-order valence-corrected chi connectivity index (χ2v) is 9.52. The van der Waals surface area contributed by atoms with Crippen LogP contribution in [-0.2, 0) is 24.8 Å². The molecule has 2 fully saturated rings. The molecule has 180 valence electrons. The fraction of sp³-hybridized carbons (Fsp3) is 0.519. The lowest BCUT2D eigenvalue weighted by Crippen LogP contribution is -2.56. The van der Waals surface area contributed by atoms with E-state index in [2.05, 4.69) is 45.5 Å². The predicted octanol–water partition coefficient (Wildman–Crippen LogP) is 3.28. The van der Waals surface area contributed by atoms with Gasteiger partial charge in [-0.15, -0.1) is 5.92 Å². The molecule has 0 radical (unpaired) electrons. The predicted molar refractivity (Wildman–Crippen MR) is 132 cm³/mol. The molecule has 2 saturated heterocycles. The molecule has 0 spiro atoms. The van der Waals surface area contributed by atoms with E-state index in [1.807, 2.05) is 36.9 Å². The molecule has 1 unspecified atom stereocenters. The van der Waals surface area contributed by atoms with Crippen molar-refractivity contribution in [3.63, 3.8) is 0 Å². The number of aryl methyl sites for hydroxylation is 3. The number of rotatable bonds is 8. The van der Waals surface area contributed by atoms with Gasteiger partial charge in [-0.3, -0.25) is 19.3 Å². The molecular weight excluding hydrogens is 426 g/mol. The Bertz CT molecular complexity index is 1080. The molecule has 2 aromatic rings. The van der Waals surface area contributed by atoms with Crippen molar-refractivity contribution in [2.24, 2.45) is 13.0 Å². The van der Waals surface area contributed by atoms with Crippen LogP contribution in [-0.4, -0.2) is 56.7 Å². The second-order valence-electron chi connectivity index (χ2n) is 9.52. The van der Waals surface area contributed by atoms with Crippen LogP contribution < -0.4 is 5.32 Å². The number of hydrogen-bond donors (Lipinski definition) is 1. The Balaban J connectivity index is 1.46. The average Bonchev–Trinajstić information content (AvgIpc) is 3.28. The number of benzene rings is 1. The van der Waals surface area contributed by atoms with E-state index in [-0.39, 0.29) is 24.4 Å². The quantitative estimate of drug-likeness (QED) is 0.484. The van der Waals surface area contributed by atoms with Crippen molar-refractivity contribution in [3.8, 4) is 11.8 Å². The lowest BCUT2D eigenvalue weighted by molar-refractivity contribution is -0.134. The summed E-state index contributed by atoms with van der Waals surface area (Å²) in [4.78, 5) is 30.2. The molecule has 2 aliphatic heterocycles. The van der Waals surface area contributed by atoms with Crippen LogP contribution in [0.3, 0.4) is 0 Å². The smallest absolute Gasteiger partial charge is 0.323 e. The van der Waals surface area contributed by atoms with Gasteiger partial charge in [-0.25, -0.2) is 4.79 Å². The van der Waals surface area contributed by atoms with Gasteiger partial charge < -0.3 is 5.32 Å². The first-order valence-corrected chi connectivity index (χ1v) is 12.2. The third-order valence-electron chi connectivity index (χ3n) is 7.29. The number of carbonyl (C=O) groups excluding carboxylic acids is 2. The Morgan fingerprint density at radius 1 is 1.18 bits per heavy atom. The monoisotopic (exact) mass is 461 g/mol. The molecule has 7 heteroatoms. The Labute approximate surface area is 202 Å². The zero-order valence-electron chi connectivity index (χ0n) is 20.5. The molecule has 1 atom stereocenters. The molecule has 0 saturated carbocycles. The zero-order valence-corrected chi connectivity index (χ0v) is 20.5. The highest BCUT2D eigenvalue weighted by Gasteiger charge is 2.55. The number of nitrogens with zero attached hydrogens (tertiary/aromatic N) is 4. The maximum Gasteiger partial charge on any atom is 0.325 e. The summed E-state index contributed by atoms with van der Waals surface area (Å²) < 4.78 is 1.86. The molecule has 0 bridgehead atoms. The van der Waals surface area contributed by atoms with Crippen molar-refractivity contribution in [2.45, 2.75) is 58.0 Å². The van der Waals surface area contributed by atoms with Gasteiger partial charge in [0, 0.05) is 25.4 Å². The lowest BCUT2D eigenvalue weighted by Gasteiger charge is -2.41. The fourth-order valence-electron chi connectivity index (χ4n) is 5.44. The minimum absolute atomic E-state index is 0.102. The maximum absolute atomic E-state index is 13.7. The number of imide groups is 1. The number of urea groups is 1. The summed E-state index contributed by atoms with van der Waals surface area (Å²) in [7, 11) is 1.95. The van der Waals surface area contributed by atoms with Gasteiger partial charge in [0.15, 0.2) is 0 Å². The highest BCUT2D eigenvalue weighted by atomic mass is 16.2. The van der Waals surface area contributed by atoms with Crippen molar-refractivity contribution >= 4 is 11.9 Å². The van der Waals surface area contributed by atoms with Crippen LogP contribution in [0.25, 0.3) is 0 Å². The molecule has 1 N–H and O–H groups in total. The summed E-state index contributed by atoms with van der Waals surface area (Å²) >= 11 is 0. The number of piperidine rings is 1. The van der Waals surface area contributed by atoms with Crippen LogP contribution in [0.4, 0.5) is 4.79 Å². The molecule has 1 aromatic heterocycles. The molecule has 2 aliphatic rings. The van der Waals surface area contributed by atoms with Gasteiger partial charge in [0.25, 0.3) is 5.91 Å². The van der Waals surface area contributed by atoms with Crippen molar-refractivity contribution < 1.29 is 9.59 Å². The largest absolute Gasteiger partial charge is 0.325 e. The summed E-state index contributed by atoms with van der Waals surface area (Å²) in [6, 6.07) is 10.0. The molecule has 0 aliphatic carbocycles. The van der Waals surface area contributed by atoms with Gasteiger partial charge in [0.2, 0.25) is 0 Å². The van der Waals surface area contributed by atoms with Crippen molar-refractivity contribution in [1.82, 2.24) is 24.9 Å². The zero-order chi connectivity index (χ0) is 24.1. The number of aromatic nitrogens is 2. The highest BCUT2D eigenvalue weighted by Crippen LogP contribution is 2.37. The van der Waals surface area contributed by atoms with Gasteiger partial charge in [-0.2, -0.15) is 5.10 Å². The molecule has 1 aromatic carbocycles. The van der Waals surface area contributed by atoms with Crippen LogP contribution in [0.1, 0.15) is 49.4 Å². The maximum atomic E-state index is 13.7. The molecule has 7 nitrogen and oxygen atoms in total. The first-order valence-electron chi connectivity index (χ1n) is 12.2. The van der Waals surface area contributed by atoms with E-state index in [1.165, 1.54) is 16.0 Å². The van der Waals surface area contributed by atoms with E-state index in [9.17, 15) is 9.59 Å². The summed E-state index contributed by atoms with van der Waals surface area (Å²) in [5.74, 6) is 5.71. The van der Waals surface area contributed by atoms with Crippen LogP contribution in [0, 0.1) is 24.7 Å². The van der Waals surface area contributed by atoms with Gasteiger partial charge in [0.05, 0.1) is 12.2 Å². The van der Waals surface area contributed by atoms with E-state index < -0.39 is 5.54 Å². The normalized spacial score (nSPS) is 21.4. The van der Waals surface area contributed by atoms with E-state index in [0.29, 0.717) is 6.42 Å². The van der Waals surface area contributed by atoms with E-state index in [1.54, 1.807) is 6.92 Å². The number of hydrogen-bond acceptors (Lipinski definition) is 4. The van der Waals surface area contributed by atoms with E-state index in [0.717, 1.165) is 51.0 Å². The van der Waals surface area contributed by atoms with E-state index in [4.69, 9.17) is 0 Å². The summed E-state index contributed by atoms with van der Waals surface area (Å²) in [5, 5.41) is 7.60. The minimum atomic E-state index is -0.836. The number of nitrogens with one attached hydrogen (secondary N) is 1. The van der Waals surface area contributed by atoms with Crippen molar-refractivity contribution in [3.05, 3.63) is 53.3 Å². The fourth-order valence-corrected chi connectivity index (χ4v) is 5.44. The van der Waals surface area contributed by atoms with Crippen molar-refractivity contribution in [1.29, 1.82) is 0 Å². The van der Waals surface area contributed by atoms with Gasteiger partial charge >= 0.3 is 6.03 Å². The Morgan fingerprint density at radius 2 is 1.91 bits per heavy atom. The highest BCUT2D eigenvalue weighted by molar-refractivity contribution is 6.07. The van der Waals surface area contributed by atoms with Gasteiger partial charge in [-0.1, -0.05) is 36.3 Å². The Kier molecular flexibility index (Phi) is 7.38. The number of likely N-dealkylation sites (tertiary alicyclic amines) is 1. The van der Waals surface area contributed by atoms with Crippen molar-refractivity contribution in [2.75, 3.05) is 19.6 Å². The number of amides is 3. The third kappa shape index (κ3) is 5.02. The Hall–Kier alpha value is -3.11. The first-order chi connectivity index (χ1) is 16.4. The molecule has 3 heterocycles.